The van der Waals surface area contributed by atoms with Crippen LogP contribution in [-0.2, 0) is 11.2 Å². The average molecular weight is 476 g/mol. The second-order valence-electron chi connectivity index (χ2n) is 6.71. The van der Waals surface area contributed by atoms with Gasteiger partial charge in [0.25, 0.3) is 0 Å². The van der Waals surface area contributed by atoms with Crippen LogP contribution in [0.25, 0.3) is 0 Å². The standard InChI is InChI=1S/C19H32N4O2.HI/c1-6-20-18(22-14-17(24)23-19(3,4)5)21-13-12-15-10-8-9-11-16(15)25-7-2;/h8-11H,6-7,12-14H2,1-5H3,(H,23,24)(H2,20,21,22);1H. The van der Waals surface area contributed by atoms with Crippen LogP contribution in [0, 0.1) is 0 Å². The molecule has 1 amide bonds. The topological polar surface area (TPSA) is 74.8 Å². The number of hydrogen-bond acceptors (Lipinski definition) is 3. The van der Waals surface area contributed by atoms with E-state index in [0.29, 0.717) is 19.1 Å². The van der Waals surface area contributed by atoms with E-state index in [1.807, 2.05) is 52.8 Å². The van der Waals surface area contributed by atoms with E-state index in [1.165, 1.54) is 0 Å². The van der Waals surface area contributed by atoms with Gasteiger partial charge in [-0.1, -0.05) is 18.2 Å². The molecule has 7 heteroatoms. The fourth-order valence-electron chi connectivity index (χ4n) is 2.27. The minimum atomic E-state index is -0.249. The van der Waals surface area contributed by atoms with Gasteiger partial charge in [0.1, 0.15) is 12.3 Å². The van der Waals surface area contributed by atoms with Crippen LogP contribution < -0.4 is 20.7 Å². The smallest absolute Gasteiger partial charge is 0.242 e. The molecule has 0 atom stereocenters. The first kappa shape index (κ1) is 24.5. The lowest BCUT2D eigenvalue weighted by atomic mass is 10.1. The first-order chi connectivity index (χ1) is 11.9. The highest BCUT2D eigenvalue weighted by molar-refractivity contribution is 14.0. The Morgan fingerprint density at radius 3 is 2.46 bits per heavy atom. The van der Waals surface area contributed by atoms with Crippen molar-refractivity contribution >= 4 is 35.8 Å². The van der Waals surface area contributed by atoms with Crippen molar-refractivity contribution in [3.8, 4) is 5.75 Å². The van der Waals surface area contributed by atoms with Crippen LogP contribution in [-0.4, -0.2) is 43.6 Å². The Balaban J connectivity index is 0.00000625. The van der Waals surface area contributed by atoms with E-state index < -0.39 is 0 Å². The summed E-state index contributed by atoms with van der Waals surface area (Å²) in [5.74, 6) is 1.46. The second-order valence-corrected chi connectivity index (χ2v) is 6.71. The van der Waals surface area contributed by atoms with Crippen molar-refractivity contribution in [3.05, 3.63) is 29.8 Å². The fourth-order valence-corrected chi connectivity index (χ4v) is 2.27. The van der Waals surface area contributed by atoms with Gasteiger partial charge in [-0.2, -0.15) is 0 Å². The van der Waals surface area contributed by atoms with Crippen molar-refractivity contribution in [3.63, 3.8) is 0 Å². The average Bonchev–Trinajstić information content (AvgIpc) is 2.53. The third-order valence-electron chi connectivity index (χ3n) is 3.20. The number of hydrogen-bond donors (Lipinski definition) is 3. The molecule has 6 nitrogen and oxygen atoms in total. The van der Waals surface area contributed by atoms with Crippen LogP contribution in [0.2, 0.25) is 0 Å². The maximum absolute atomic E-state index is 11.9. The molecule has 1 rings (SSSR count). The zero-order valence-corrected chi connectivity index (χ0v) is 18.8. The molecule has 1 aromatic carbocycles. The summed E-state index contributed by atoms with van der Waals surface area (Å²) in [7, 11) is 0. The molecule has 3 N–H and O–H groups in total. The largest absolute Gasteiger partial charge is 0.494 e. The molecule has 0 unspecified atom stereocenters. The van der Waals surface area contributed by atoms with E-state index in [1.54, 1.807) is 0 Å². The molecule has 0 saturated heterocycles. The van der Waals surface area contributed by atoms with Crippen molar-refractivity contribution in [2.45, 2.75) is 46.6 Å². The third-order valence-corrected chi connectivity index (χ3v) is 3.20. The summed E-state index contributed by atoms with van der Waals surface area (Å²) in [5.41, 5.74) is 0.902. The normalized spacial score (nSPS) is 11.3. The van der Waals surface area contributed by atoms with Crippen LogP contribution in [0.4, 0.5) is 0 Å². The number of guanidine groups is 1. The van der Waals surface area contributed by atoms with Gasteiger partial charge >= 0.3 is 0 Å². The summed E-state index contributed by atoms with van der Waals surface area (Å²) < 4.78 is 5.64. The van der Waals surface area contributed by atoms with Crippen molar-refractivity contribution in [1.29, 1.82) is 0 Å². The highest BCUT2D eigenvalue weighted by Gasteiger charge is 2.13. The Morgan fingerprint density at radius 1 is 1.15 bits per heavy atom. The minimum absolute atomic E-state index is 0. The Labute approximate surface area is 174 Å². The van der Waals surface area contributed by atoms with Crippen molar-refractivity contribution in [1.82, 2.24) is 16.0 Å². The van der Waals surface area contributed by atoms with E-state index in [2.05, 4.69) is 27.0 Å². The molecule has 1 aromatic rings. The molecule has 0 aliphatic carbocycles. The molecule has 0 spiro atoms. The number of ether oxygens (including phenoxy) is 1. The number of halogens is 1. The first-order valence-electron chi connectivity index (χ1n) is 8.89. The molecule has 0 radical (unpaired) electrons. The van der Waals surface area contributed by atoms with Gasteiger partial charge in [0.05, 0.1) is 6.61 Å². The molecular formula is C19H33IN4O2. The van der Waals surface area contributed by atoms with Gasteiger partial charge < -0.3 is 20.7 Å². The van der Waals surface area contributed by atoms with Crippen LogP contribution in [0.1, 0.15) is 40.2 Å². The Kier molecular flexibility index (Phi) is 12.0. The maximum atomic E-state index is 11.9. The number of rotatable bonds is 8. The van der Waals surface area contributed by atoms with Crippen LogP contribution in [0.15, 0.2) is 29.3 Å². The lowest BCUT2D eigenvalue weighted by Gasteiger charge is -2.20. The lowest BCUT2D eigenvalue weighted by Crippen LogP contribution is -2.43. The quantitative estimate of drug-likeness (QED) is 0.307. The highest BCUT2D eigenvalue weighted by atomic mass is 127. The van der Waals surface area contributed by atoms with Gasteiger partial charge in [0.2, 0.25) is 5.91 Å². The number of amides is 1. The molecule has 0 aliphatic heterocycles. The summed E-state index contributed by atoms with van der Waals surface area (Å²) in [6.07, 6.45) is 0.814. The summed E-state index contributed by atoms with van der Waals surface area (Å²) in [6.45, 7) is 12.0. The Hall–Kier alpha value is -1.51. The number of para-hydroxylation sites is 1. The number of aliphatic imine (C=N–C) groups is 1. The van der Waals surface area contributed by atoms with E-state index in [0.717, 1.165) is 24.3 Å². The molecular weight excluding hydrogens is 443 g/mol. The second kappa shape index (κ2) is 12.8. The van der Waals surface area contributed by atoms with Crippen molar-refractivity contribution < 1.29 is 9.53 Å². The van der Waals surface area contributed by atoms with Crippen LogP contribution in [0.5, 0.6) is 5.75 Å². The molecule has 148 valence electrons. The van der Waals surface area contributed by atoms with Gasteiger partial charge in [0, 0.05) is 18.6 Å². The van der Waals surface area contributed by atoms with E-state index >= 15 is 0 Å². The zero-order chi connectivity index (χ0) is 18.7. The Morgan fingerprint density at radius 2 is 1.85 bits per heavy atom. The monoisotopic (exact) mass is 476 g/mol. The minimum Gasteiger partial charge on any atom is -0.494 e. The predicted octanol–water partition coefficient (Wildman–Crippen LogP) is 2.72. The molecule has 0 bridgehead atoms. The number of carbonyl (C=O) groups is 1. The number of nitrogens with zero attached hydrogens (tertiary/aromatic N) is 1. The summed E-state index contributed by atoms with van der Waals surface area (Å²) in [5, 5.41) is 9.32. The fraction of sp³-hybridized carbons (Fsp3) is 0.579. The highest BCUT2D eigenvalue weighted by Crippen LogP contribution is 2.17. The summed E-state index contributed by atoms with van der Waals surface area (Å²) in [6, 6.07) is 8.03. The van der Waals surface area contributed by atoms with E-state index in [4.69, 9.17) is 4.74 Å². The number of carbonyl (C=O) groups excluding carboxylic acids is 1. The van der Waals surface area contributed by atoms with Crippen molar-refractivity contribution in [2.75, 3.05) is 26.2 Å². The van der Waals surface area contributed by atoms with Crippen molar-refractivity contribution in [2.24, 2.45) is 4.99 Å². The zero-order valence-electron chi connectivity index (χ0n) is 16.5. The SMILES string of the molecule is CCNC(=NCC(=O)NC(C)(C)C)NCCc1ccccc1OCC.I. The van der Waals surface area contributed by atoms with E-state index in [-0.39, 0.29) is 42.0 Å². The lowest BCUT2D eigenvalue weighted by molar-refractivity contribution is -0.121. The predicted molar refractivity (Wildman–Crippen MR) is 119 cm³/mol. The van der Waals surface area contributed by atoms with Gasteiger partial charge in [-0.3, -0.25) is 4.79 Å². The van der Waals surface area contributed by atoms with Gasteiger partial charge in [-0.15, -0.1) is 24.0 Å². The van der Waals surface area contributed by atoms with Gasteiger partial charge in [-0.25, -0.2) is 4.99 Å². The molecule has 0 saturated carbocycles. The maximum Gasteiger partial charge on any atom is 0.242 e. The Bertz CT molecular complexity index is 571. The van der Waals surface area contributed by atoms with Gasteiger partial charge in [0.15, 0.2) is 5.96 Å². The molecule has 0 aromatic heterocycles. The summed E-state index contributed by atoms with van der Waals surface area (Å²) >= 11 is 0. The first-order valence-corrected chi connectivity index (χ1v) is 8.89. The molecule has 0 aliphatic rings. The van der Waals surface area contributed by atoms with Gasteiger partial charge in [-0.05, 0) is 52.7 Å². The molecule has 0 heterocycles. The number of benzene rings is 1. The van der Waals surface area contributed by atoms with E-state index in [9.17, 15) is 4.79 Å². The molecule has 0 fully saturated rings. The van der Waals surface area contributed by atoms with Crippen LogP contribution >= 0.6 is 24.0 Å². The van der Waals surface area contributed by atoms with Crippen LogP contribution in [0.3, 0.4) is 0 Å². The third kappa shape index (κ3) is 10.5. The molecule has 26 heavy (non-hydrogen) atoms. The number of nitrogens with one attached hydrogen (secondary N) is 3. The summed E-state index contributed by atoms with van der Waals surface area (Å²) in [4.78, 5) is 16.2.